The summed E-state index contributed by atoms with van der Waals surface area (Å²) in [5.41, 5.74) is 1.20. The summed E-state index contributed by atoms with van der Waals surface area (Å²) in [5.74, 6) is -0.199. The van der Waals surface area contributed by atoms with Crippen molar-refractivity contribution < 1.29 is 13.9 Å². The average Bonchev–Trinajstić information content (AvgIpc) is 2.55. The number of nitrogens with one attached hydrogen (secondary N) is 2. The molecule has 25 heavy (non-hydrogen) atoms. The lowest BCUT2D eigenvalue weighted by Crippen LogP contribution is -2.38. The predicted octanol–water partition coefficient (Wildman–Crippen LogP) is 3.59. The number of hydrogen-bond acceptors (Lipinski definition) is 2. The summed E-state index contributed by atoms with van der Waals surface area (Å²) >= 11 is 0. The molecule has 0 bridgehead atoms. The van der Waals surface area contributed by atoms with Crippen molar-refractivity contribution in [1.29, 1.82) is 0 Å². The number of halogens is 3. The maximum atomic E-state index is 13.6. The van der Waals surface area contributed by atoms with Gasteiger partial charge in [-0.05, 0) is 49.2 Å². The largest absolute Gasteiger partial charge is 0.508 e. The molecule has 0 saturated heterocycles. The molecule has 0 fully saturated rings. The lowest BCUT2D eigenvalue weighted by molar-refractivity contribution is 0.474. The van der Waals surface area contributed by atoms with Crippen LogP contribution in [0.15, 0.2) is 47.5 Å². The van der Waals surface area contributed by atoms with E-state index in [1.165, 1.54) is 0 Å². The quantitative estimate of drug-likeness (QED) is 0.350. The number of phenols is 1. The molecule has 0 aliphatic rings. The molecular weight excluding hydrogens is 439 g/mol. The molecule has 0 radical (unpaired) electrons. The Hall–Kier alpha value is -1.90. The standard InChI is InChI=1S/C18H21F2N3O.HI/c1-2-21-18(22-9-8-13-4-3-5-16(24)10-13)23-12-14-11-15(19)6-7-17(14)20;/h3-7,10-11,24H,2,8-9,12H2,1H3,(H2,21,22,23);1H. The zero-order chi connectivity index (χ0) is 17.4. The number of rotatable bonds is 6. The fourth-order valence-corrected chi connectivity index (χ4v) is 2.21. The summed E-state index contributed by atoms with van der Waals surface area (Å²) < 4.78 is 26.8. The smallest absolute Gasteiger partial charge is 0.191 e. The number of aromatic hydroxyl groups is 1. The molecule has 0 aliphatic carbocycles. The Labute approximate surface area is 163 Å². The van der Waals surface area contributed by atoms with Crippen LogP contribution in [0.5, 0.6) is 5.75 Å². The van der Waals surface area contributed by atoms with Crippen LogP contribution in [0.2, 0.25) is 0 Å². The first-order chi connectivity index (χ1) is 11.6. The van der Waals surface area contributed by atoms with Gasteiger partial charge < -0.3 is 15.7 Å². The van der Waals surface area contributed by atoms with Crippen molar-refractivity contribution in [1.82, 2.24) is 10.6 Å². The minimum atomic E-state index is -0.483. The molecule has 0 saturated carbocycles. The molecule has 0 heterocycles. The molecule has 7 heteroatoms. The van der Waals surface area contributed by atoms with Gasteiger partial charge in [0.15, 0.2) is 5.96 Å². The normalized spacial score (nSPS) is 10.9. The molecule has 2 aromatic carbocycles. The Balaban J connectivity index is 0.00000312. The molecule has 0 atom stereocenters. The van der Waals surface area contributed by atoms with Crippen LogP contribution in [0.25, 0.3) is 0 Å². The first-order valence-corrected chi connectivity index (χ1v) is 7.82. The third kappa shape index (κ3) is 7.25. The monoisotopic (exact) mass is 461 g/mol. The van der Waals surface area contributed by atoms with Crippen molar-refractivity contribution in [3.63, 3.8) is 0 Å². The summed E-state index contributed by atoms with van der Waals surface area (Å²) in [7, 11) is 0. The highest BCUT2D eigenvalue weighted by atomic mass is 127. The molecule has 0 aliphatic heterocycles. The van der Waals surface area contributed by atoms with Gasteiger partial charge in [-0.15, -0.1) is 24.0 Å². The fraction of sp³-hybridized carbons (Fsp3) is 0.278. The zero-order valence-corrected chi connectivity index (χ0v) is 16.3. The lowest BCUT2D eigenvalue weighted by atomic mass is 10.1. The van der Waals surface area contributed by atoms with E-state index in [9.17, 15) is 13.9 Å². The molecule has 0 spiro atoms. The van der Waals surface area contributed by atoms with Crippen molar-refractivity contribution in [2.45, 2.75) is 19.9 Å². The van der Waals surface area contributed by atoms with Gasteiger partial charge in [0.1, 0.15) is 17.4 Å². The molecule has 0 aromatic heterocycles. The van der Waals surface area contributed by atoms with Gasteiger partial charge in [0, 0.05) is 18.7 Å². The van der Waals surface area contributed by atoms with Crippen LogP contribution in [-0.4, -0.2) is 24.2 Å². The maximum Gasteiger partial charge on any atom is 0.191 e. The maximum absolute atomic E-state index is 13.6. The van der Waals surface area contributed by atoms with Gasteiger partial charge in [0.25, 0.3) is 0 Å². The zero-order valence-electron chi connectivity index (χ0n) is 13.9. The van der Waals surface area contributed by atoms with Gasteiger partial charge in [-0.3, -0.25) is 0 Å². The van der Waals surface area contributed by atoms with Crippen molar-refractivity contribution in [2.24, 2.45) is 4.99 Å². The molecule has 0 unspecified atom stereocenters. The summed E-state index contributed by atoms with van der Waals surface area (Å²) in [6.45, 7) is 3.23. The second kappa shape index (κ2) is 10.9. The molecule has 136 valence electrons. The highest BCUT2D eigenvalue weighted by molar-refractivity contribution is 14.0. The minimum absolute atomic E-state index is 0. The number of hydrogen-bond donors (Lipinski definition) is 3. The molecule has 0 amide bonds. The number of guanidine groups is 1. The number of aliphatic imine (C=N–C) groups is 1. The van der Waals surface area contributed by atoms with Gasteiger partial charge >= 0.3 is 0 Å². The second-order valence-electron chi connectivity index (χ2n) is 5.28. The van der Waals surface area contributed by atoms with E-state index < -0.39 is 11.6 Å². The average molecular weight is 461 g/mol. The number of benzene rings is 2. The van der Waals surface area contributed by atoms with Crippen LogP contribution in [0.1, 0.15) is 18.1 Å². The van der Waals surface area contributed by atoms with Gasteiger partial charge in [-0.25, -0.2) is 13.8 Å². The number of phenolic OH excluding ortho intramolecular Hbond substituents is 1. The van der Waals surface area contributed by atoms with Crippen LogP contribution >= 0.6 is 24.0 Å². The van der Waals surface area contributed by atoms with Crippen molar-refractivity contribution in [3.05, 3.63) is 65.2 Å². The Morgan fingerprint density at radius 2 is 1.92 bits per heavy atom. The van der Waals surface area contributed by atoms with Crippen LogP contribution in [0, 0.1) is 11.6 Å². The Morgan fingerprint density at radius 1 is 1.12 bits per heavy atom. The van der Waals surface area contributed by atoms with E-state index in [1.54, 1.807) is 18.2 Å². The van der Waals surface area contributed by atoms with E-state index in [0.29, 0.717) is 25.5 Å². The number of nitrogens with zero attached hydrogens (tertiary/aromatic N) is 1. The van der Waals surface area contributed by atoms with E-state index in [1.807, 2.05) is 13.0 Å². The van der Waals surface area contributed by atoms with Crippen molar-refractivity contribution in [2.75, 3.05) is 13.1 Å². The van der Waals surface area contributed by atoms with E-state index in [0.717, 1.165) is 23.8 Å². The summed E-state index contributed by atoms with van der Waals surface area (Å²) in [6, 6.07) is 10.4. The Bertz CT molecular complexity index is 710. The van der Waals surface area contributed by atoms with Crippen LogP contribution < -0.4 is 10.6 Å². The van der Waals surface area contributed by atoms with E-state index in [-0.39, 0.29) is 41.8 Å². The first-order valence-electron chi connectivity index (χ1n) is 7.82. The van der Waals surface area contributed by atoms with Gasteiger partial charge in [0.2, 0.25) is 0 Å². The molecule has 2 rings (SSSR count). The predicted molar refractivity (Wildman–Crippen MR) is 106 cm³/mol. The van der Waals surface area contributed by atoms with Crippen LogP contribution in [0.3, 0.4) is 0 Å². The van der Waals surface area contributed by atoms with Crippen molar-refractivity contribution in [3.8, 4) is 5.75 Å². The molecule has 2 aromatic rings. The van der Waals surface area contributed by atoms with Crippen molar-refractivity contribution >= 4 is 29.9 Å². The van der Waals surface area contributed by atoms with E-state index >= 15 is 0 Å². The van der Waals surface area contributed by atoms with Crippen LogP contribution in [0.4, 0.5) is 8.78 Å². The van der Waals surface area contributed by atoms with Gasteiger partial charge in [0.05, 0.1) is 6.54 Å². The third-order valence-electron chi connectivity index (χ3n) is 3.38. The van der Waals surface area contributed by atoms with E-state index in [2.05, 4.69) is 15.6 Å². The fourth-order valence-electron chi connectivity index (χ4n) is 2.21. The SMILES string of the molecule is CCNC(=NCc1cc(F)ccc1F)NCCc1cccc(O)c1.I. The third-order valence-corrected chi connectivity index (χ3v) is 3.38. The van der Waals surface area contributed by atoms with Gasteiger partial charge in [-0.1, -0.05) is 12.1 Å². The Kier molecular flexibility index (Phi) is 9.18. The molecule has 3 N–H and O–H groups in total. The topological polar surface area (TPSA) is 56.7 Å². The van der Waals surface area contributed by atoms with Gasteiger partial charge in [-0.2, -0.15) is 0 Å². The van der Waals surface area contributed by atoms with Crippen LogP contribution in [-0.2, 0) is 13.0 Å². The second-order valence-corrected chi connectivity index (χ2v) is 5.28. The highest BCUT2D eigenvalue weighted by Crippen LogP contribution is 2.11. The minimum Gasteiger partial charge on any atom is -0.508 e. The lowest BCUT2D eigenvalue weighted by Gasteiger charge is -2.11. The molecular formula is C18H22F2IN3O. The first kappa shape index (κ1) is 21.1. The summed E-state index contributed by atoms with van der Waals surface area (Å²) in [5, 5.41) is 15.6. The van der Waals surface area contributed by atoms with E-state index in [4.69, 9.17) is 0 Å². The summed E-state index contributed by atoms with van der Waals surface area (Å²) in [4.78, 5) is 4.27. The highest BCUT2D eigenvalue weighted by Gasteiger charge is 2.04. The Morgan fingerprint density at radius 3 is 2.64 bits per heavy atom. The summed E-state index contributed by atoms with van der Waals surface area (Å²) in [6.07, 6.45) is 0.702. The molecule has 4 nitrogen and oxygen atoms in total.